The van der Waals surface area contributed by atoms with Gasteiger partial charge in [-0.1, -0.05) is 76.6 Å². The van der Waals surface area contributed by atoms with Gasteiger partial charge < -0.3 is 63.7 Å². The standard InChI is InChI=1S/C52H73N11O12/c1-5-30(4)36(47(70)61-40(23-33-27-56-28-58-33)50(73)63-20-10-14-42(63)49(72)62-41(51(74)75)22-31-11-7-6-8-12-31)25-44(66)39(21-32-15-17-34(64)18-16-32)60-46(69)35(29(2)3)24-43(65)38(13-9-19-57-52(54)55)59-48(71)37(53)26-45(67)68/h6-8,11-12,15-18,27-30,35-42,64H,5,9-10,13-14,19-26,53H2,1-4H3,(H,56,58)(H,59,71)(H,60,69)(H,61,70)(H,62,72)(H,67,68)(H,74,75)(H4,54,55,57)/t30-,35-,36-,37-,38-,39-,40-,41-,42-/m0/s1. The monoisotopic (exact) mass is 1040 g/mol. The van der Waals surface area contributed by atoms with Crippen molar-refractivity contribution in [2.75, 3.05) is 13.1 Å². The highest BCUT2D eigenvalue weighted by molar-refractivity contribution is 5.98. The van der Waals surface area contributed by atoms with Crippen molar-refractivity contribution in [2.24, 2.45) is 45.9 Å². The first-order valence-corrected chi connectivity index (χ1v) is 25.2. The summed E-state index contributed by atoms with van der Waals surface area (Å²) in [6.07, 6.45) is 2.52. The third-order valence-electron chi connectivity index (χ3n) is 13.4. The van der Waals surface area contributed by atoms with Gasteiger partial charge >= 0.3 is 11.9 Å². The molecule has 0 bridgehead atoms. The zero-order valence-electron chi connectivity index (χ0n) is 42.9. The van der Waals surface area contributed by atoms with Crippen molar-refractivity contribution in [3.05, 3.63) is 83.9 Å². The number of aliphatic imine (C=N–C) groups is 1. The Morgan fingerprint density at radius 3 is 1.96 bits per heavy atom. The van der Waals surface area contributed by atoms with E-state index in [9.17, 15) is 58.5 Å². The first kappa shape index (κ1) is 59.9. The number of imidazole rings is 1. The van der Waals surface area contributed by atoms with Gasteiger partial charge in [0.1, 0.15) is 23.9 Å². The number of amides is 5. The highest BCUT2D eigenvalue weighted by Crippen LogP contribution is 2.26. The number of hydrogen-bond donors (Lipinski definition) is 11. The predicted octanol–water partition coefficient (Wildman–Crippen LogP) is 0.866. The molecule has 2 aromatic carbocycles. The number of phenolic OH excluding ortho intramolecular Hbond substituents is 1. The Kier molecular flexibility index (Phi) is 23.4. The Morgan fingerprint density at radius 2 is 1.36 bits per heavy atom. The Morgan fingerprint density at radius 1 is 0.760 bits per heavy atom. The Bertz CT molecular complexity index is 2450. The lowest BCUT2D eigenvalue weighted by Gasteiger charge is -2.31. The van der Waals surface area contributed by atoms with Gasteiger partial charge in [0.25, 0.3) is 0 Å². The minimum Gasteiger partial charge on any atom is -0.508 e. The number of carbonyl (C=O) groups is 9. The van der Waals surface area contributed by atoms with E-state index < -0.39 is 132 Å². The number of aromatic hydroxyl groups is 1. The molecule has 1 aromatic heterocycles. The quantitative estimate of drug-likeness (QED) is 0.0242. The summed E-state index contributed by atoms with van der Waals surface area (Å²) in [5, 5.41) is 40.0. The first-order chi connectivity index (χ1) is 35.6. The molecule has 0 spiro atoms. The number of Topliss-reactive ketones (excluding diaryl/α,β-unsaturated/α-hetero) is 2. The second kappa shape index (κ2) is 29.3. The number of nitrogens with two attached hydrogens (primary N) is 3. The van der Waals surface area contributed by atoms with E-state index in [1.165, 1.54) is 29.6 Å². The number of aromatic amines is 1. The van der Waals surface area contributed by atoms with Gasteiger partial charge in [-0.2, -0.15) is 0 Å². The molecule has 1 saturated heterocycles. The van der Waals surface area contributed by atoms with E-state index in [0.29, 0.717) is 29.7 Å². The van der Waals surface area contributed by atoms with Crippen LogP contribution < -0.4 is 38.5 Å². The number of carboxylic acid groups (broad SMARTS) is 2. The topological polar surface area (TPSA) is 385 Å². The number of aromatic nitrogens is 2. The number of rotatable bonds is 31. The van der Waals surface area contributed by atoms with Gasteiger partial charge in [0.2, 0.25) is 29.5 Å². The second-order valence-corrected chi connectivity index (χ2v) is 19.5. The number of hydrogen-bond acceptors (Lipinski definition) is 13. The summed E-state index contributed by atoms with van der Waals surface area (Å²) < 4.78 is 0. The van der Waals surface area contributed by atoms with Crippen LogP contribution in [0.4, 0.5) is 0 Å². The normalized spacial score (nSPS) is 16.5. The van der Waals surface area contributed by atoms with Crippen LogP contribution >= 0.6 is 0 Å². The molecule has 408 valence electrons. The lowest BCUT2D eigenvalue weighted by Crippen LogP contribution is -2.57. The van der Waals surface area contributed by atoms with E-state index in [2.05, 4.69) is 36.2 Å². The molecule has 5 amide bonds. The molecule has 1 fully saturated rings. The van der Waals surface area contributed by atoms with Crippen molar-refractivity contribution in [2.45, 2.75) is 135 Å². The third kappa shape index (κ3) is 18.9. The van der Waals surface area contributed by atoms with E-state index in [-0.39, 0.29) is 63.3 Å². The van der Waals surface area contributed by atoms with Crippen LogP contribution in [0.3, 0.4) is 0 Å². The minimum atomic E-state index is -1.48. The van der Waals surface area contributed by atoms with E-state index in [1.807, 2.05) is 6.92 Å². The summed E-state index contributed by atoms with van der Waals surface area (Å²) in [6, 6.07) is 7.19. The molecule has 1 aliphatic heterocycles. The highest BCUT2D eigenvalue weighted by Gasteiger charge is 2.41. The average molecular weight is 1040 g/mol. The summed E-state index contributed by atoms with van der Waals surface area (Å²) in [5.74, 6) is -10.5. The first-order valence-electron chi connectivity index (χ1n) is 25.2. The zero-order valence-corrected chi connectivity index (χ0v) is 42.9. The SMILES string of the molecule is CC[C@H](C)[C@H](CC(=O)[C@H](Cc1ccc(O)cc1)NC(=O)[C@@H](CC(=O)[C@H](CCCN=C(N)N)NC(=O)[C@@H](N)CC(=O)O)C(C)C)C(=O)N[C@@H](Cc1cnc[nH]1)C(=O)N1CCC[C@H]1C(=O)N[C@@H](Cc1ccccc1)C(=O)O. The summed E-state index contributed by atoms with van der Waals surface area (Å²) in [7, 11) is 0. The molecule has 23 nitrogen and oxygen atoms in total. The van der Waals surface area contributed by atoms with E-state index in [1.54, 1.807) is 63.2 Å². The van der Waals surface area contributed by atoms with Gasteiger partial charge in [-0.3, -0.25) is 43.3 Å². The van der Waals surface area contributed by atoms with Crippen LogP contribution in [-0.4, -0.2) is 139 Å². The molecular formula is C52H73N11O12. The molecule has 0 aliphatic carbocycles. The second-order valence-electron chi connectivity index (χ2n) is 19.5. The molecule has 4 rings (SSSR count). The minimum absolute atomic E-state index is 0.00792. The summed E-state index contributed by atoms with van der Waals surface area (Å²) in [5.41, 5.74) is 18.4. The Balaban J connectivity index is 1.59. The molecule has 14 N–H and O–H groups in total. The molecular weight excluding hydrogens is 971 g/mol. The fourth-order valence-corrected chi connectivity index (χ4v) is 8.87. The Hall–Kier alpha value is -7.69. The summed E-state index contributed by atoms with van der Waals surface area (Å²) >= 11 is 0. The molecule has 2 heterocycles. The molecule has 3 aromatic rings. The molecule has 1 aliphatic rings. The molecule has 9 atom stereocenters. The van der Waals surface area contributed by atoms with Crippen LogP contribution in [0.2, 0.25) is 0 Å². The lowest BCUT2D eigenvalue weighted by molar-refractivity contribution is -0.145. The Labute approximate surface area is 435 Å². The number of likely N-dealkylation sites (tertiary alicyclic amines) is 1. The van der Waals surface area contributed by atoms with Crippen molar-refractivity contribution >= 4 is 59.0 Å². The number of carboxylic acids is 2. The van der Waals surface area contributed by atoms with Crippen LogP contribution in [0.5, 0.6) is 5.75 Å². The van der Waals surface area contributed by atoms with Crippen molar-refractivity contribution in [1.29, 1.82) is 0 Å². The van der Waals surface area contributed by atoms with Crippen LogP contribution in [0.1, 0.15) is 95.9 Å². The summed E-state index contributed by atoms with van der Waals surface area (Å²) in [6.45, 7) is 7.24. The molecule has 75 heavy (non-hydrogen) atoms. The van der Waals surface area contributed by atoms with Crippen molar-refractivity contribution in [3.63, 3.8) is 0 Å². The van der Waals surface area contributed by atoms with Gasteiger partial charge in [-0.05, 0) is 67.2 Å². The van der Waals surface area contributed by atoms with Crippen LogP contribution in [0.25, 0.3) is 0 Å². The van der Waals surface area contributed by atoms with Gasteiger partial charge in [-0.25, -0.2) is 9.78 Å². The third-order valence-corrected chi connectivity index (χ3v) is 13.4. The fourth-order valence-electron chi connectivity index (χ4n) is 8.87. The number of H-pyrrole nitrogens is 1. The maximum Gasteiger partial charge on any atom is 0.326 e. The predicted molar refractivity (Wildman–Crippen MR) is 275 cm³/mol. The van der Waals surface area contributed by atoms with E-state index in [0.717, 1.165) is 0 Å². The zero-order chi connectivity index (χ0) is 55.4. The van der Waals surface area contributed by atoms with Crippen molar-refractivity contribution in [3.8, 4) is 5.75 Å². The number of phenols is 1. The van der Waals surface area contributed by atoms with Gasteiger partial charge in [-0.15, -0.1) is 0 Å². The number of nitrogens with one attached hydrogen (secondary N) is 5. The van der Waals surface area contributed by atoms with Gasteiger partial charge in [0.15, 0.2) is 17.5 Å². The number of ketones is 2. The largest absolute Gasteiger partial charge is 0.508 e. The summed E-state index contributed by atoms with van der Waals surface area (Å²) in [4.78, 5) is 135. The van der Waals surface area contributed by atoms with E-state index >= 15 is 0 Å². The maximum atomic E-state index is 14.7. The van der Waals surface area contributed by atoms with Crippen LogP contribution in [0.15, 0.2) is 72.1 Å². The van der Waals surface area contributed by atoms with Crippen LogP contribution in [0, 0.1) is 23.7 Å². The number of aliphatic carboxylic acids is 2. The number of benzene rings is 2. The number of nitrogens with zero attached hydrogens (tertiary/aromatic N) is 3. The lowest BCUT2D eigenvalue weighted by atomic mass is 9.83. The van der Waals surface area contributed by atoms with Crippen molar-refractivity contribution in [1.82, 2.24) is 36.1 Å². The number of carbonyl (C=O) groups excluding carboxylic acids is 7. The molecule has 23 heteroatoms. The molecule has 0 radical (unpaired) electrons. The number of guanidine groups is 1. The molecule has 0 unspecified atom stereocenters. The van der Waals surface area contributed by atoms with Crippen molar-refractivity contribution < 1.29 is 58.5 Å². The fraction of sp³-hybridized carbons (Fsp3) is 0.519. The van der Waals surface area contributed by atoms with E-state index in [4.69, 9.17) is 17.2 Å². The highest BCUT2D eigenvalue weighted by atomic mass is 16.4. The van der Waals surface area contributed by atoms with Crippen LogP contribution in [-0.2, 0) is 62.4 Å². The van der Waals surface area contributed by atoms with Gasteiger partial charge in [0.05, 0.1) is 30.9 Å². The van der Waals surface area contributed by atoms with Gasteiger partial charge in [0, 0.05) is 62.5 Å². The molecule has 0 saturated carbocycles. The maximum absolute atomic E-state index is 14.7. The average Bonchev–Trinajstić information content (AvgIpc) is 4.08. The smallest absolute Gasteiger partial charge is 0.326 e.